The van der Waals surface area contributed by atoms with Gasteiger partial charge in [-0.3, -0.25) is 0 Å². The zero-order valence-electron chi connectivity index (χ0n) is 16.5. The van der Waals surface area contributed by atoms with Gasteiger partial charge in [0.25, 0.3) is 0 Å². The lowest BCUT2D eigenvalue weighted by Gasteiger charge is -2.05. The molecule has 4 rings (SSSR count). The Labute approximate surface area is 179 Å². The Morgan fingerprint density at radius 1 is 0.812 bits per heavy atom. The minimum atomic E-state index is -1.57. The zero-order chi connectivity index (χ0) is 22.8. The highest BCUT2D eigenvalue weighted by Crippen LogP contribution is 2.25. The third kappa shape index (κ3) is 4.10. The molecule has 0 aliphatic rings. The van der Waals surface area contributed by atoms with Gasteiger partial charge in [-0.1, -0.05) is 17.9 Å². The molecule has 1 heterocycles. The zero-order valence-corrected chi connectivity index (χ0v) is 16.5. The van der Waals surface area contributed by atoms with Crippen molar-refractivity contribution in [1.82, 2.24) is 9.97 Å². The highest BCUT2D eigenvalue weighted by atomic mass is 19.2. The van der Waals surface area contributed by atoms with Gasteiger partial charge in [0.1, 0.15) is 11.6 Å². The molecule has 0 fully saturated rings. The lowest BCUT2D eigenvalue weighted by atomic mass is 10.1. The van der Waals surface area contributed by atoms with E-state index < -0.39 is 34.6 Å². The van der Waals surface area contributed by atoms with E-state index in [4.69, 9.17) is 4.74 Å². The number of ether oxygens (including phenoxy) is 1. The number of hydrogen-bond donors (Lipinski definition) is 0. The predicted octanol–water partition coefficient (Wildman–Crippen LogP) is 5.79. The van der Waals surface area contributed by atoms with Crippen LogP contribution < -0.4 is 4.74 Å². The first-order valence-corrected chi connectivity index (χ1v) is 9.41. The van der Waals surface area contributed by atoms with E-state index in [-0.39, 0.29) is 27.7 Å². The number of aromatic nitrogens is 2. The summed E-state index contributed by atoms with van der Waals surface area (Å²) in [5.41, 5.74) is -0.135. The number of hydrogen-bond acceptors (Lipinski definition) is 3. The molecule has 0 aliphatic heterocycles. The Kier molecular flexibility index (Phi) is 5.73. The smallest absolute Gasteiger partial charge is 0.195 e. The molecule has 0 N–H and O–H groups in total. The van der Waals surface area contributed by atoms with E-state index in [1.165, 1.54) is 30.6 Å². The summed E-state index contributed by atoms with van der Waals surface area (Å²) >= 11 is 0. The summed E-state index contributed by atoms with van der Waals surface area (Å²) in [5, 5.41) is -0.0661. The molecule has 1 aromatic heterocycles. The van der Waals surface area contributed by atoms with Crippen molar-refractivity contribution in [3.8, 4) is 29.0 Å². The largest absolute Gasteiger partial charge is 0.491 e. The Hall–Kier alpha value is -3.99. The van der Waals surface area contributed by atoms with E-state index in [2.05, 4.69) is 21.8 Å². The monoisotopic (exact) mass is 440 g/mol. The third-order valence-corrected chi connectivity index (χ3v) is 4.54. The van der Waals surface area contributed by atoms with Gasteiger partial charge in [0, 0.05) is 16.5 Å². The van der Waals surface area contributed by atoms with Gasteiger partial charge in [-0.15, -0.1) is 0 Å². The van der Waals surface area contributed by atoms with Crippen LogP contribution in [-0.2, 0) is 0 Å². The lowest BCUT2D eigenvalue weighted by molar-refractivity contribution is 0.337. The third-order valence-electron chi connectivity index (χ3n) is 4.54. The van der Waals surface area contributed by atoms with Crippen LogP contribution in [0.5, 0.6) is 5.75 Å². The summed E-state index contributed by atoms with van der Waals surface area (Å²) in [6.45, 7) is 2.23. The molecule has 32 heavy (non-hydrogen) atoms. The first-order chi connectivity index (χ1) is 15.4. The first-order valence-electron chi connectivity index (χ1n) is 9.41. The van der Waals surface area contributed by atoms with Crippen molar-refractivity contribution >= 4 is 10.8 Å². The van der Waals surface area contributed by atoms with Gasteiger partial charge >= 0.3 is 0 Å². The summed E-state index contributed by atoms with van der Waals surface area (Å²) < 4.78 is 74.9. The minimum Gasteiger partial charge on any atom is -0.491 e. The normalized spacial score (nSPS) is 10.7. The first kappa shape index (κ1) is 21.2. The van der Waals surface area contributed by atoms with Crippen molar-refractivity contribution in [2.45, 2.75) is 6.92 Å². The van der Waals surface area contributed by atoms with Gasteiger partial charge in [0.15, 0.2) is 29.0 Å². The fourth-order valence-corrected chi connectivity index (χ4v) is 3.05. The molecule has 0 radical (unpaired) electrons. The van der Waals surface area contributed by atoms with Crippen LogP contribution in [0.25, 0.3) is 22.2 Å². The summed E-state index contributed by atoms with van der Waals surface area (Å²) in [7, 11) is 0. The van der Waals surface area contributed by atoms with Crippen LogP contribution >= 0.6 is 0 Å². The molecule has 0 atom stereocenters. The molecule has 3 aromatic carbocycles. The number of fused-ring (bicyclic) bond motifs is 1. The molecule has 0 saturated carbocycles. The fourth-order valence-electron chi connectivity index (χ4n) is 3.05. The van der Waals surface area contributed by atoms with Crippen molar-refractivity contribution in [3.05, 3.63) is 89.0 Å². The molecule has 0 amide bonds. The molecule has 4 aromatic rings. The molecule has 0 bridgehead atoms. The second kappa shape index (κ2) is 8.63. The van der Waals surface area contributed by atoms with E-state index in [0.29, 0.717) is 12.4 Å². The Balaban J connectivity index is 1.67. The van der Waals surface area contributed by atoms with E-state index in [9.17, 15) is 22.0 Å². The maximum atomic E-state index is 14.5. The maximum Gasteiger partial charge on any atom is 0.195 e. The molecular formula is C24H13F5N2O. The summed E-state index contributed by atoms with van der Waals surface area (Å²) in [6.07, 6.45) is 2.79. The van der Waals surface area contributed by atoms with Crippen molar-refractivity contribution in [2.75, 3.05) is 6.61 Å². The topological polar surface area (TPSA) is 35.0 Å². The van der Waals surface area contributed by atoms with Crippen LogP contribution in [0.15, 0.2) is 48.8 Å². The number of halogens is 5. The molecule has 0 saturated heterocycles. The Bertz CT molecular complexity index is 1370. The van der Waals surface area contributed by atoms with Crippen molar-refractivity contribution in [2.24, 2.45) is 0 Å². The van der Waals surface area contributed by atoms with Crippen LogP contribution in [0, 0.1) is 40.9 Å². The van der Waals surface area contributed by atoms with Gasteiger partial charge in [-0.2, -0.15) is 0 Å². The number of rotatable bonds is 3. The van der Waals surface area contributed by atoms with Crippen molar-refractivity contribution < 1.29 is 26.7 Å². The summed E-state index contributed by atoms with van der Waals surface area (Å²) in [5.74, 6) is -0.610. The highest BCUT2D eigenvalue weighted by Gasteiger charge is 2.14. The second-order valence-corrected chi connectivity index (χ2v) is 6.66. The molecule has 8 heteroatoms. The Morgan fingerprint density at radius 3 is 2.16 bits per heavy atom. The van der Waals surface area contributed by atoms with Gasteiger partial charge in [0.05, 0.1) is 24.6 Å². The van der Waals surface area contributed by atoms with Crippen LogP contribution in [0.2, 0.25) is 0 Å². The Morgan fingerprint density at radius 2 is 1.50 bits per heavy atom. The van der Waals surface area contributed by atoms with E-state index in [1.54, 1.807) is 6.92 Å². The predicted molar refractivity (Wildman–Crippen MR) is 108 cm³/mol. The van der Waals surface area contributed by atoms with E-state index in [1.807, 2.05) is 0 Å². The van der Waals surface area contributed by atoms with Gasteiger partial charge in [-0.25, -0.2) is 31.9 Å². The molecule has 0 spiro atoms. The number of nitrogens with zero attached hydrogens (tertiary/aromatic N) is 2. The van der Waals surface area contributed by atoms with Gasteiger partial charge in [0.2, 0.25) is 0 Å². The van der Waals surface area contributed by atoms with Gasteiger partial charge in [-0.05, 0) is 42.6 Å². The standard InChI is InChI=1S/C24H13F5N2O/c1-2-32-16-11-30-24(31-12-16)15-9-19(25)18(20(26)10-15)6-4-13-3-5-17-14(7-13)8-21(27)23(29)22(17)28/h3,5,7-12H,2H2,1H3. The molecule has 3 nitrogen and oxygen atoms in total. The van der Waals surface area contributed by atoms with Crippen molar-refractivity contribution in [1.29, 1.82) is 0 Å². The highest BCUT2D eigenvalue weighted by molar-refractivity contribution is 5.84. The van der Waals surface area contributed by atoms with Gasteiger partial charge < -0.3 is 4.74 Å². The fraction of sp³-hybridized carbons (Fsp3) is 0.0833. The maximum absolute atomic E-state index is 14.5. The summed E-state index contributed by atoms with van der Waals surface area (Å²) in [6, 6.07) is 6.79. The molecule has 0 aliphatic carbocycles. The average Bonchev–Trinajstić information content (AvgIpc) is 2.77. The molecule has 160 valence electrons. The lowest BCUT2D eigenvalue weighted by Crippen LogP contribution is -1.97. The molecule has 0 unspecified atom stereocenters. The average molecular weight is 440 g/mol. The van der Waals surface area contributed by atoms with Crippen LogP contribution in [0.4, 0.5) is 22.0 Å². The SMILES string of the molecule is CCOc1cnc(-c2cc(F)c(C#Cc3ccc4c(F)c(F)c(F)cc4c3)c(F)c2)nc1. The van der Waals surface area contributed by atoms with E-state index >= 15 is 0 Å². The quantitative estimate of drug-likeness (QED) is 0.230. The summed E-state index contributed by atoms with van der Waals surface area (Å²) in [4.78, 5) is 8.06. The second-order valence-electron chi connectivity index (χ2n) is 6.66. The van der Waals surface area contributed by atoms with E-state index in [0.717, 1.165) is 18.2 Å². The minimum absolute atomic E-state index is 0.0668. The van der Waals surface area contributed by atoms with Crippen molar-refractivity contribution in [3.63, 3.8) is 0 Å². The molecular weight excluding hydrogens is 427 g/mol. The van der Waals surface area contributed by atoms with Crippen LogP contribution in [-0.4, -0.2) is 16.6 Å². The van der Waals surface area contributed by atoms with Crippen LogP contribution in [0.3, 0.4) is 0 Å². The van der Waals surface area contributed by atoms with Crippen LogP contribution in [0.1, 0.15) is 18.1 Å². The number of benzene rings is 3.